The Labute approximate surface area is 137 Å². The molecule has 0 amide bonds. The molecule has 0 N–H and O–H groups in total. The van der Waals surface area contributed by atoms with E-state index in [-0.39, 0.29) is 0 Å². The van der Waals surface area contributed by atoms with E-state index in [0.29, 0.717) is 12.1 Å². The molecule has 5 heteroatoms. The second kappa shape index (κ2) is 6.57. The molecule has 124 valence electrons. The molecule has 2 aliphatic heterocycles. The number of rotatable bonds is 4. The van der Waals surface area contributed by atoms with Gasteiger partial charge in [-0.25, -0.2) is 9.97 Å². The molecule has 0 spiro atoms. The van der Waals surface area contributed by atoms with Crippen molar-refractivity contribution in [2.24, 2.45) is 0 Å². The smallest absolute Gasteiger partial charge is 0.160 e. The van der Waals surface area contributed by atoms with Crippen molar-refractivity contribution < 1.29 is 4.74 Å². The van der Waals surface area contributed by atoms with Crippen molar-refractivity contribution in [3.63, 3.8) is 0 Å². The molecular weight excluding hydrogens is 288 g/mol. The Bertz CT molecular complexity index is 662. The normalized spacial score (nSPS) is 26.1. The Morgan fingerprint density at radius 3 is 3.00 bits per heavy atom. The van der Waals surface area contributed by atoms with Crippen molar-refractivity contribution in [3.05, 3.63) is 24.2 Å². The number of hydrogen-bond donors (Lipinski definition) is 0. The Hall–Kier alpha value is -1.46. The lowest BCUT2D eigenvalue weighted by Crippen LogP contribution is -2.30. The maximum absolute atomic E-state index is 5.96. The number of pyridine rings is 1. The van der Waals surface area contributed by atoms with E-state index < -0.39 is 0 Å². The molecule has 0 aliphatic carbocycles. The fourth-order valence-corrected chi connectivity index (χ4v) is 3.96. The highest BCUT2D eigenvalue weighted by molar-refractivity contribution is 5.71. The molecule has 23 heavy (non-hydrogen) atoms. The van der Waals surface area contributed by atoms with Gasteiger partial charge in [0.15, 0.2) is 5.65 Å². The first kappa shape index (κ1) is 15.1. The van der Waals surface area contributed by atoms with Crippen LogP contribution in [-0.4, -0.2) is 51.8 Å². The number of aromatic nitrogens is 3. The first-order valence-electron chi connectivity index (χ1n) is 8.93. The maximum Gasteiger partial charge on any atom is 0.160 e. The van der Waals surface area contributed by atoms with Gasteiger partial charge in [0.05, 0.1) is 12.6 Å². The Balaban J connectivity index is 1.63. The summed E-state index contributed by atoms with van der Waals surface area (Å²) in [5, 5.41) is 0. The Morgan fingerprint density at radius 1 is 1.26 bits per heavy atom. The largest absolute Gasteiger partial charge is 0.376 e. The van der Waals surface area contributed by atoms with Gasteiger partial charge in [0, 0.05) is 25.3 Å². The lowest BCUT2D eigenvalue weighted by Gasteiger charge is -2.25. The van der Waals surface area contributed by atoms with Crippen LogP contribution >= 0.6 is 0 Å². The third kappa shape index (κ3) is 3.12. The summed E-state index contributed by atoms with van der Waals surface area (Å²) in [6.07, 6.45) is 9.37. The Morgan fingerprint density at radius 2 is 2.22 bits per heavy atom. The highest BCUT2D eigenvalue weighted by atomic mass is 16.5. The van der Waals surface area contributed by atoms with Gasteiger partial charge in [-0.2, -0.15) is 0 Å². The SMILES string of the molecule is CN1CCCC1Cc1nc2cccnc2n1CC1CCCCO1. The summed E-state index contributed by atoms with van der Waals surface area (Å²) in [6.45, 7) is 2.99. The van der Waals surface area contributed by atoms with Crippen molar-refractivity contribution >= 4 is 11.2 Å². The number of ether oxygens (including phenoxy) is 1. The average molecular weight is 314 g/mol. The minimum atomic E-state index is 0.309. The molecular formula is C18H26N4O. The molecule has 2 unspecified atom stereocenters. The van der Waals surface area contributed by atoms with Crippen LogP contribution in [0.1, 0.15) is 37.9 Å². The zero-order valence-electron chi connectivity index (χ0n) is 13.9. The van der Waals surface area contributed by atoms with Crippen LogP contribution in [0.15, 0.2) is 18.3 Å². The van der Waals surface area contributed by atoms with Gasteiger partial charge in [0.2, 0.25) is 0 Å². The maximum atomic E-state index is 5.96. The second-order valence-electron chi connectivity index (χ2n) is 6.95. The first-order valence-corrected chi connectivity index (χ1v) is 8.93. The van der Waals surface area contributed by atoms with Crippen LogP contribution < -0.4 is 0 Å². The molecule has 2 atom stereocenters. The molecule has 2 fully saturated rings. The van der Waals surface area contributed by atoms with Crippen molar-refractivity contribution in [1.82, 2.24) is 19.4 Å². The third-order valence-corrected chi connectivity index (χ3v) is 5.33. The van der Waals surface area contributed by atoms with E-state index in [2.05, 4.69) is 27.6 Å². The van der Waals surface area contributed by atoms with E-state index in [1.807, 2.05) is 12.3 Å². The molecule has 2 aromatic heterocycles. The molecule has 5 nitrogen and oxygen atoms in total. The van der Waals surface area contributed by atoms with Gasteiger partial charge in [0.25, 0.3) is 0 Å². The van der Waals surface area contributed by atoms with Crippen LogP contribution in [0.3, 0.4) is 0 Å². The van der Waals surface area contributed by atoms with E-state index in [4.69, 9.17) is 9.72 Å². The second-order valence-corrected chi connectivity index (χ2v) is 6.95. The molecule has 4 rings (SSSR count). The fourth-order valence-electron chi connectivity index (χ4n) is 3.96. The van der Waals surface area contributed by atoms with Gasteiger partial charge in [-0.15, -0.1) is 0 Å². The minimum absolute atomic E-state index is 0.309. The summed E-state index contributed by atoms with van der Waals surface area (Å²) in [4.78, 5) is 12.0. The monoisotopic (exact) mass is 314 g/mol. The minimum Gasteiger partial charge on any atom is -0.376 e. The van der Waals surface area contributed by atoms with Crippen molar-refractivity contribution in [1.29, 1.82) is 0 Å². The summed E-state index contributed by atoms with van der Waals surface area (Å²) in [7, 11) is 2.23. The van der Waals surface area contributed by atoms with E-state index in [0.717, 1.165) is 37.2 Å². The first-order chi connectivity index (χ1) is 11.3. The number of imidazole rings is 1. The van der Waals surface area contributed by atoms with E-state index in [9.17, 15) is 0 Å². The number of likely N-dealkylation sites (tertiary alicyclic amines) is 1. The van der Waals surface area contributed by atoms with E-state index in [1.54, 1.807) is 0 Å². The van der Waals surface area contributed by atoms with E-state index in [1.165, 1.54) is 38.1 Å². The quantitative estimate of drug-likeness (QED) is 0.870. The van der Waals surface area contributed by atoms with Crippen molar-refractivity contribution in [2.45, 2.75) is 57.2 Å². The van der Waals surface area contributed by atoms with Gasteiger partial charge in [-0.3, -0.25) is 0 Å². The molecule has 0 bridgehead atoms. The number of nitrogens with zero attached hydrogens (tertiary/aromatic N) is 4. The zero-order valence-corrected chi connectivity index (χ0v) is 13.9. The van der Waals surface area contributed by atoms with Crippen LogP contribution in [0, 0.1) is 0 Å². The lowest BCUT2D eigenvalue weighted by atomic mass is 10.1. The van der Waals surface area contributed by atoms with E-state index >= 15 is 0 Å². The highest BCUT2D eigenvalue weighted by Crippen LogP contribution is 2.23. The molecule has 2 aromatic rings. The average Bonchev–Trinajstić information content (AvgIpc) is 3.13. The van der Waals surface area contributed by atoms with Crippen molar-refractivity contribution in [3.8, 4) is 0 Å². The van der Waals surface area contributed by atoms with Gasteiger partial charge in [-0.05, 0) is 57.8 Å². The van der Waals surface area contributed by atoms with Crippen LogP contribution in [0.2, 0.25) is 0 Å². The zero-order chi connectivity index (χ0) is 15.6. The predicted octanol–water partition coefficient (Wildman–Crippen LogP) is 2.64. The van der Waals surface area contributed by atoms with Crippen LogP contribution in [0.5, 0.6) is 0 Å². The molecule has 0 radical (unpaired) electrons. The molecule has 0 aromatic carbocycles. The van der Waals surface area contributed by atoms with Crippen LogP contribution in [0.25, 0.3) is 11.2 Å². The van der Waals surface area contributed by atoms with Crippen molar-refractivity contribution in [2.75, 3.05) is 20.2 Å². The summed E-state index contributed by atoms with van der Waals surface area (Å²) in [6, 6.07) is 4.66. The number of fused-ring (bicyclic) bond motifs is 1. The predicted molar refractivity (Wildman–Crippen MR) is 90.5 cm³/mol. The molecule has 4 heterocycles. The Kier molecular flexibility index (Phi) is 4.31. The van der Waals surface area contributed by atoms with Gasteiger partial charge in [-0.1, -0.05) is 0 Å². The summed E-state index contributed by atoms with van der Waals surface area (Å²) in [5.74, 6) is 1.17. The van der Waals surface area contributed by atoms with Gasteiger partial charge < -0.3 is 14.2 Å². The standard InChI is InChI=1S/C18H26N4O/c1-21-10-5-6-14(21)12-17-20-16-8-4-9-19-18(16)22(17)13-15-7-2-3-11-23-15/h4,8-9,14-15H,2-3,5-7,10-13H2,1H3. The number of likely N-dealkylation sites (N-methyl/N-ethyl adjacent to an activating group) is 1. The lowest BCUT2D eigenvalue weighted by molar-refractivity contribution is 0.00600. The summed E-state index contributed by atoms with van der Waals surface area (Å²) < 4.78 is 8.28. The molecule has 2 saturated heterocycles. The third-order valence-electron chi connectivity index (χ3n) is 5.33. The molecule has 0 saturated carbocycles. The highest BCUT2D eigenvalue weighted by Gasteiger charge is 2.25. The summed E-state index contributed by atoms with van der Waals surface area (Å²) >= 11 is 0. The molecule has 2 aliphatic rings. The number of hydrogen-bond acceptors (Lipinski definition) is 4. The van der Waals surface area contributed by atoms with Gasteiger partial charge >= 0.3 is 0 Å². The fraction of sp³-hybridized carbons (Fsp3) is 0.667. The van der Waals surface area contributed by atoms with Gasteiger partial charge in [0.1, 0.15) is 11.3 Å². The topological polar surface area (TPSA) is 43.2 Å². The summed E-state index contributed by atoms with van der Waals surface area (Å²) in [5.41, 5.74) is 2.02. The van der Waals surface area contributed by atoms with Crippen LogP contribution in [0.4, 0.5) is 0 Å². The van der Waals surface area contributed by atoms with Crippen LogP contribution in [-0.2, 0) is 17.7 Å².